The SMILES string of the molecule is CC(C)c1nc2c(s1)S(=O)(=O)CC(=O)N2Cc1cccc(OC(F)(F)F)c1. The summed E-state index contributed by atoms with van der Waals surface area (Å²) >= 11 is 1.01. The van der Waals surface area contributed by atoms with E-state index in [-0.39, 0.29) is 22.5 Å². The Balaban J connectivity index is 1.96. The first-order chi connectivity index (χ1) is 12.5. The van der Waals surface area contributed by atoms with Gasteiger partial charge in [0, 0.05) is 5.92 Å². The van der Waals surface area contributed by atoms with Crippen LogP contribution in [-0.2, 0) is 21.2 Å². The number of rotatable bonds is 4. The molecule has 0 unspecified atom stereocenters. The summed E-state index contributed by atoms with van der Waals surface area (Å²) < 4.78 is 65.7. The monoisotopic (exact) mass is 420 g/mol. The topological polar surface area (TPSA) is 76.6 Å². The zero-order valence-electron chi connectivity index (χ0n) is 14.3. The van der Waals surface area contributed by atoms with E-state index in [1.54, 1.807) is 0 Å². The van der Waals surface area contributed by atoms with Gasteiger partial charge in [-0.25, -0.2) is 13.4 Å². The average molecular weight is 420 g/mol. The lowest BCUT2D eigenvalue weighted by molar-refractivity contribution is -0.274. The number of halogens is 3. The van der Waals surface area contributed by atoms with Crippen LogP contribution in [0.25, 0.3) is 0 Å². The molecule has 2 aromatic rings. The van der Waals surface area contributed by atoms with Crippen LogP contribution >= 0.6 is 11.3 Å². The average Bonchev–Trinajstić information content (AvgIpc) is 2.96. The lowest BCUT2D eigenvalue weighted by Gasteiger charge is -2.25. The molecule has 27 heavy (non-hydrogen) atoms. The Bertz CT molecular complexity index is 984. The van der Waals surface area contributed by atoms with Crippen LogP contribution < -0.4 is 9.64 Å². The van der Waals surface area contributed by atoms with Crippen LogP contribution in [0.15, 0.2) is 28.5 Å². The highest BCUT2D eigenvalue weighted by Crippen LogP contribution is 2.39. The number of hydrogen-bond acceptors (Lipinski definition) is 6. The molecule has 3 rings (SSSR count). The number of amides is 1. The van der Waals surface area contributed by atoms with Gasteiger partial charge >= 0.3 is 6.36 Å². The van der Waals surface area contributed by atoms with E-state index in [0.29, 0.717) is 10.6 Å². The number of thiazole rings is 1. The van der Waals surface area contributed by atoms with Gasteiger partial charge in [-0.05, 0) is 17.7 Å². The minimum Gasteiger partial charge on any atom is -0.406 e. The molecule has 1 aromatic carbocycles. The van der Waals surface area contributed by atoms with E-state index in [4.69, 9.17) is 0 Å². The van der Waals surface area contributed by atoms with Crippen molar-refractivity contribution in [3.63, 3.8) is 0 Å². The third-order valence-electron chi connectivity index (χ3n) is 3.72. The van der Waals surface area contributed by atoms with Gasteiger partial charge < -0.3 is 4.74 Å². The maximum Gasteiger partial charge on any atom is 0.573 e. The van der Waals surface area contributed by atoms with Crippen molar-refractivity contribution in [1.82, 2.24) is 4.98 Å². The first kappa shape index (κ1) is 19.6. The molecule has 0 N–H and O–H groups in total. The van der Waals surface area contributed by atoms with Crippen molar-refractivity contribution >= 4 is 32.9 Å². The third kappa shape index (κ3) is 4.24. The van der Waals surface area contributed by atoms with E-state index in [9.17, 15) is 26.4 Å². The van der Waals surface area contributed by atoms with Crippen molar-refractivity contribution in [3.05, 3.63) is 34.8 Å². The fraction of sp³-hybridized carbons (Fsp3) is 0.375. The van der Waals surface area contributed by atoms with Gasteiger partial charge in [-0.3, -0.25) is 9.69 Å². The highest BCUT2D eigenvalue weighted by molar-refractivity contribution is 7.94. The fourth-order valence-corrected chi connectivity index (χ4v) is 5.34. The Hall–Kier alpha value is -2.14. The number of carbonyl (C=O) groups is 1. The summed E-state index contributed by atoms with van der Waals surface area (Å²) in [5, 5.41) is 0.567. The molecule has 1 aliphatic heterocycles. The normalized spacial score (nSPS) is 16.5. The third-order valence-corrected chi connectivity index (χ3v) is 7.24. The number of aromatic nitrogens is 1. The van der Waals surface area contributed by atoms with Crippen LogP contribution in [0.1, 0.15) is 30.3 Å². The molecule has 1 aromatic heterocycles. The second-order valence-corrected chi connectivity index (χ2v) is 9.47. The Labute approximate surface area is 157 Å². The van der Waals surface area contributed by atoms with Gasteiger partial charge in [-0.15, -0.1) is 24.5 Å². The summed E-state index contributed by atoms with van der Waals surface area (Å²) in [4.78, 5) is 17.8. The van der Waals surface area contributed by atoms with Crippen LogP contribution in [-0.4, -0.2) is 31.4 Å². The standard InChI is InChI=1S/C16H15F3N2O4S2/c1-9(2)14-20-13-15(26-14)27(23,24)8-12(22)21(13)7-10-4-3-5-11(6-10)25-16(17,18)19/h3-6,9H,7-8H2,1-2H3. The number of anilines is 1. The number of carbonyl (C=O) groups excluding carboxylic acids is 1. The van der Waals surface area contributed by atoms with Crippen molar-refractivity contribution in [2.45, 2.75) is 36.9 Å². The molecule has 0 atom stereocenters. The van der Waals surface area contributed by atoms with Crippen molar-refractivity contribution in [2.24, 2.45) is 0 Å². The van der Waals surface area contributed by atoms with Crippen LogP contribution in [0.2, 0.25) is 0 Å². The Kier molecular flexibility index (Phi) is 4.93. The molecule has 0 bridgehead atoms. The highest BCUT2D eigenvalue weighted by atomic mass is 32.2. The van der Waals surface area contributed by atoms with Gasteiger partial charge in [0.25, 0.3) is 0 Å². The van der Waals surface area contributed by atoms with Crippen LogP contribution in [0, 0.1) is 0 Å². The molecular formula is C16H15F3N2O4S2. The van der Waals surface area contributed by atoms with E-state index in [1.165, 1.54) is 17.0 Å². The predicted octanol–water partition coefficient (Wildman–Crippen LogP) is 3.49. The molecule has 2 heterocycles. The summed E-state index contributed by atoms with van der Waals surface area (Å²) in [7, 11) is -3.77. The summed E-state index contributed by atoms with van der Waals surface area (Å²) in [5.74, 6) is -1.79. The maximum absolute atomic E-state index is 12.4. The second kappa shape index (κ2) is 6.79. The molecular weight excluding hydrogens is 405 g/mol. The number of fused-ring (bicyclic) bond motifs is 1. The fourth-order valence-electron chi connectivity index (χ4n) is 2.54. The molecule has 0 saturated heterocycles. The molecule has 146 valence electrons. The zero-order valence-corrected chi connectivity index (χ0v) is 15.9. The summed E-state index contributed by atoms with van der Waals surface area (Å²) in [6.45, 7) is 3.58. The quantitative estimate of drug-likeness (QED) is 0.757. The Morgan fingerprint density at radius 2 is 2.04 bits per heavy atom. The molecule has 1 aliphatic rings. The van der Waals surface area contributed by atoms with Crippen LogP contribution in [0.5, 0.6) is 5.75 Å². The Morgan fingerprint density at radius 3 is 2.67 bits per heavy atom. The molecule has 6 nitrogen and oxygen atoms in total. The number of alkyl halides is 3. The number of nitrogens with zero attached hydrogens (tertiary/aromatic N) is 2. The molecule has 1 amide bonds. The molecule has 0 spiro atoms. The number of sulfone groups is 1. The zero-order chi connectivity index (χ0) is 20.0. The summed E-state index contributed by atoms with van der Waals surface area (Å²) in [6, 6.07) is 5.18. The highest BCUT2D eigenvalue weighted by Gasteiger charge is 2.38. The molecule has 0 saturated carbocycles. The van der Waals surface area contributed by atoms with Crippen molar-refractivity contribution in [3.8, 4) is 5.75 Å². The molecule has 11 heteroatoms. The molecule has 0 radical (unpaired) electrons. The minimum absolute atomic E-state index is 0.00787. The van der Waals surface area contributed by atoms with Gasteiger partial charge in [0.2, 0.25) is 15.7 Å². The lowest BCUT2D eigenvalue weighted by atomic mass is 10.2. The van der Waals surface area contributed by atoms with Crippen LogP contribution in [0.3, 0.4) is 0 Å². The maximum atomic E-state index is 12.4. The number of hydrogen-bond donors (Lipinski definition) is 0. The van der Waals surface area contributed by atoms with E-state index < -0.39 is 33.6 Å². The predicted molar refractivity (Wildman–Crippen MR) is 92.6 cm³/mol. The van der Waals surface area contributed by atoms with Gasteiger partial charge in [0.15, 0.2) is 10.0 Å². The summed E-state index contributed by atoms with van der Waals surface area (Å²) in [5.41, 5.74) is 0.356. The van der Waals surface area contributed by atoms with Crippen LogP contribution in [0.4, 0.5) is 19.0 Å². The number of ether oxygens (including phenoxy) is 1. The Morgan fingerprint density at radius 1 is 1.33 bits per heavy atom. The van der Waals surface area contributed by atoms with E-state index in [1.807, 2.05) is 13.8 Å². The second-order valence-electron chi connectivity index (χ2n) is 6.25. The van der Waals surface area contributed by atoms with Crippen molar-refractivity contribution < 1.29 is 31.1 Å². The van der Waals surface area contributed by atoms with Gasteiger partial charge in [-0.1, -0.05) is 26.0 Å². The lowest BCUT2D eigenvalue weighted by Crippen LogP contribution is -2.40. The van der Waals surface area contributed by atoms with Gasteiger partial charge in [0.1, 0.15) is 11.5 Å². The van der Waals surface area contributed by atoms with Crippen molar-refractivity contribution in [1.29, 1.82) is 0 Å². The molecule has 0 fully saturated rings. The van der Waals surface area contributed by atoms with E-state index in [2.05, 4.69) is 9.72 Å². The smallest absolute Gasteiger partial charge is 0.406 e. The number of benzene rings is 1. The van der Waals surface area contributed by atoms with E-state index in [0.717, 1.165) is 23.5 Å². The van der Waals surface area contributed by atoms with E-state index >= 15 is 0 Å². The largest absolute Gasteiger partial charge is 0.573 e. The molecule has 0 aliphatic carbocycles. The van der Waals surface area contributed by atoms with Crippen molar-refractivity contribution in [2.75, 3.05) is 10.7 Å². The minimum atomic E-state index is -4.83. The first-order valence-corrected chi connectivity index (χ1v) is 10.3. The summed E-state index contributed by atoms with van der Waals surface area (Å²) in [6.07, 6.45) is -4.83. The van der Waals surface area contributed by atoms with Gasteiger partial charge in [0.05, 0.1) is 11.6 Å². The first-order valence-electron chi connectivity index (χ1n) is 7.85. The van der Waals surface area contributed by atoms with Gasteiger partial charge in [-0.2, -0.15) is 0 Å².